The Bertz CT molecular complexity index is 1760. The zero-order valence-electron chi connectivity index (χ0n) is 19.1. The molecule has 5 aromatic heterocycles. The van der Waals surface area contributed by atoms with E-state index in [-0.39, 0.29) is 11.7 Å². The molecule has 0 bridgehead atoms. The summed E-state index contributed by atoms with van der Waals surface area (Å²) >= 11 is 0. The molecule has 0 aliphatic heterocycles. The second-order valence-electron chi connectivity index (χ2n) is 8.24. The third-order valence-electron chi connectivity index (χ3n) is 5.85. The first-order chi connectivity index (χ1) is 17.6. The fourth-order valence-corrected chi connectivity index (χ4v) is 4.07. The van der Waals surface area contributed by atoms with Crippen LogP contribution in [0.4, 0.5) is 10.1 Å². The van der Waals surface area contributed by atoms with E-state index in [4.69, 9.17) is 4.98 Å². The summed E-state index contributed by atoms with van der Waals surface area (Å²) in [5.74, 6) is 0.141. The van der Waals surface area contributed by atoms with Crippen molar-refractivity contribution in [1.82, 2.24) is 35.1 Å². The summed E-state index contributed by atoms with van der Waals surface area (Å²) < 4.78 is 13.8. The second kappa shape index (κ2) is 8.66. The summed E-state index contributed by atoms with van der Waals surface area (Å²) in [4.78, 5) is 32.9. The normalized spacial score (nSPS) is 11.3. The smallest absolute Gasteiger partial charge is 0.224 e. The largest absolute Gasteiger partial charge is 0.335 e. The molecule has 10 heteroatoms. The van der Waals surface area contributed by atoms with E-state index in [0.717, 1.165) is 16.5 Å². The van der Waals surface area contributed by atoms with Gasteiger partial charge in [-0.2, -0.15) is 5.10 Å². The van der Waals surface area contributed by atoms with Crippen molar-refractivity contribution in [2.24, 2.45) is 0 Å². The van der Waals surface area contributed by atoms with Gasteiger partial charge in [-0.3, -0.25) is 19.9 Å². The van der Waals surface area contributed by atoms with Crippen LogP contribution >= 0.6 is 0 Å². The van der Waals surface area contributed by atoms with Crippen molar-refractivity contribution in [2.45, 2.75) is 13.3 Å². The SMILES string of the molecule is CCC(=O)Nc1cncc(-c2cnc3n[nH]c(-c4nc5c(-c6cccc(F)c6)cncc5[nH]4)c3c2)c1. The fraction of sp³-hybridized carbons (Fsp3) is 0.0769. The zero-order valence-corrected chi connectivity index (χ0v) is 19.1. The molecule has 0 aliphatic carbocycles. The van der Waals surface area contributed by atoms with Crippen LogP contribution in [0.2, 0.25) is 0 Å². The minimum absolute atomic E-state index is 0.0865. The van der Waals surface area contributed by atoms with Crippen molar-refractivity contribution in [3.63, 3.8) is 0 Å². The van der Waals surface area contributed by atoms with Gasteiger partial charge in [0, 0.05) is 41.7 Å². The molecule has 0 atom stereocenters. The lowest BCUT2D eigenvalue weighted by molar-refractivity contribution is -0.115. The first-order valence-electron chi connectivity index (χ1n) is 11.3. The molecule has 0 aliphatic rings. The Balaban J connectivity index is 1.43. The van der Waals surface area contributed by atoms with Crippen LogP contribution in [0.1, 0.15) is 13.3 Å². The molecule has 3 N–H and O–H groups in total. The van der Waals surface area contributed by atoms with Crippen LogP contribution in [-0.2, 0) is 4.79 Å². The Morgan fingerprint density at radius 1 is 1.00 bits per heavy atom. The van der Waals surface area contributed by atoms with Crippen LogP contribution in [0.25, 0.3) is 55.8 Å². The van der Waals surface area contributed by atoms with Crippen LogP contribution in [0.5, 0.6) is 0 Å². The number of anilines is 1. The highest BCUT2D eigenvalue weighted by Gasteiger charge is 2.17. The molecule has 36 heavy (non-hydrogen) atoms. The van der Waals surface area contributed by atoms with E-state index in [9.17, 15) is 9.18 Å². The lowest BCUT2D eigenvalue weighted by Gasteiger charge is -2.06. The highest BCUT2D eigenvalue weighted by molar-refractivity contribution is 5.97. The number of nitrogens with zero attached hydrogens (tertiary/aromatic N) is 5. The monoisotopic (exact) mass is 478 g/mol. The van der Waals surface area contributed by atoms with E-state index in [2.05, 4.69) is 35.5 Å². The summed E-state index contributed by atoms with van der Waals surface area (Å²) in [5, 5.41) is 10.9. The van der Waals surface area contributed by atoms with E-state index in [1.807, 2.05) is 18.2 Å². The Labute approximate surface area is 203 Å². The van der Waals surface area contributed by atoms with Gasteiger partial charge in [0.05, 0.1) is 34.5 Å². The molecular weight excluding hydrogens is 459 g/mol. The van der Waals surface area contributed by atoms with E-state index in [1.54, 1.807) is 44.0 Å². The molecule has 0 spiro atoms. The van der Waals surface area contributed by atoms with Crippen molar-refractivity contribution in [2.75, 3.05) is 5.32 Å². The second-order valence-corrected chi connectivity index (χ2v) is 8.24. The van der Waals surface area contributed by atoms with E-state index >= 15 is 0 Å². The molecule has 0 fully saturated rings. The molecule has 0 saturated carbocycles. The van der Waals surface area contributed by atoms with Gasteiger partial charge < -0.3 is 10.3 Å². The lowest BCUT2D eigenvalue weighted by atomic mass is 10.1. The number of aromatic amines is 2. The van der Waals surface area contributed by atoms with Crippen LogP contribution in [-0.4, -0.2) is 41.0 Å². The number of nitrogens with one attached hydrogen (secondary N) is 3. The lowest BCUT2D eigenvalue weighted by Crippen LogP contribution is -2.09. The average Bonchev–Trinajstić information content (AvgIpc) is 3.52. The van der Waals surface area contributed by atoms with Gasteiger partial charge in [0.25, 0.3) is 0 Å². The van der Waals surface area contributed by atoms with Gasteiger partial charge in [0.2, 0.25) is 5.91 Å². The molecule has 6 rings (SSSR count). The summed E-state index contributed by atoms with van der Waals surface area (Å²) in [7, 11) is 0. The predicted octanol–water partition coefficient (Wildman–Crippen LogP) is 5.11. The third kappa shape index (κ3) is 3.84. The predicted molar refractivity (Wildman–Crippen MR) is 134 cm³/mol. The van der Waals surface area contributed by atoms with Crippen molar-refractivity contribution in [3.8, 4) is 33.8 Å². The number of hydrogen-bond donors (Lipinski definition) is 3. The molecule has 6 aromatic rings. The number of pyridine rings is 3. The summed E-state index contributed by atoms with van der Waals surface area (Å²) in [6, 6.07) is 10.1. The Morgan fingerprint density at radius 3 is 2.72 bits per heavy atom. The van der Waals surface area contributed by atoms with E-state index in [1.165, 1.54) is 12.1 Å². The zero-order chi connectivity index (χ0) is 24.6. The highest BCUT2D eigenvalue weighted by Crippen LogP contribution is 2.32. The van der Waals surface area contributed by atoms with Gasteiger partial charge in [-0.15, -0.1) is 0 Å². The Kier molecular flexibility index (Phi) is 5.18. The number of rotatable bonds is 5. The van der Waals surface area contributed by atoms with Crippen LogP contribution in [0.15, 0.2) is 67.4 Å². The maximum absolute atomic E-state index is 13.8. The Hall–Kier alpha value is -4.99. The van der Waals surface area contributed by atoms with Gasteiger partial charge >= 0.3 is 0 Å². The van der Waals surface area contributed by atoms with Gasteiger partial charge in [0.15, 0.2) is 11.5 Å². The first-order valence-corrected chi connectivity index (χ1v) is 11.3. The molecule has 176 valence electrons. The third-order valence-corrected chi connectivity index (χ3v) is 5.85. The van der Waals surface area contributed by atoms with Crippen molar-refractivity contribution in [3.05, 3.63) is 73.2 Å². The molecular formula is C26H19FN8O. The van der Waals surface area contributed by atoms with Crippen LogP contribution in [0.3, 0.4) is 0 Å². The number of H-pyrrole nitrogens is 2. The van der Waals surface area contributed by atoms with Crippen LogP contribution in [0, 0.1) is 5.82 Å². The summed E-state index contributed by atoms with van der Waals surface area (Å²) in [6.45, 7) is 1.79. The first kappa shape index (κ1) is 21.5. The standard InChI is InChI=1S/C26H19FN8O/c1-2-22(36)31-18-7-15(9-28-11-18)16-8-19-24(34-35-25(19)30-10-16)26-32-21-13-29-12-20(23(21)33-26)14-4-3-5-17(27)6-14/h3-13H,2H2,1H3,(H,31,36)(H,32,33)(H,30,34,35). The molecule has 1 aromatic carbocycles. The number of fused-ring (bicyclic) bond motifs is 2. The average molecular weight is 478 g/mol. The van der Waals surface area contributed by atoms with Gasteiger partial charge in [0.1, 0.15) is 11.5 Å². The molecule has 0 saturated heterocycles. The van der Waals surface area contributed by atoms with Crippen molar-refractivity contribution >= 4 is 33.7 Å². The van der Waals surface area contributed by atoms with E-state index in [0.29, 0.717) is 51.4 Å². The number of benzene rings is 1. The van der Waals surface area contributed by atoms with Crippen molar-refractivity contribution in [1.29, 1.82) is 0 Å². The molecule has 1 amide bonds. The number of hydrogen-bond acceptors (Lipinski definition) is 6. The molecule has 9 nitrogen and oxygen atoms in total. The minimum Gasteiger partial charge on any atom is -0.335 e. The maximum atomic E-state index is 13.8. The van der Waals surface area contributed by atoms with E-state index < -0.39 is 0 Å². The molecule has 5 heterocycles. The molecule has 0 radical (unpaired) electrons. The number of amides is 1. The van der Waals surface area contributed by atoms with Gasteiger partial charge in [-0.1, -0.05) is 19.1 Å². The summed E-state index contributed by atoms with van der Waals surface area (Å²) in [5.41, 5.74) is 6.19. The topological polar surface area (TPSA) is 125 Å². The number of aromatic nitrogens is 7. The minimum atomic E-state index is -0.328. The number of imidazole rings is 1. The maximum Gasteiger partial charge on any atom is 0.224 e. The number of halogens is 1. The number of carbonyl (C=O) groups excluding carboxylic acids is 1. The van der Waals surface area contributed by atoms with Gasteiger partial charge in [-0.05, 0) is 29.8 Å². The summed E-state index contributed by atoms with van der Waals surface area (Å²) in [6.07, 6.45) is 8.75. The Morgan fingerprint density at radius 2 is 1.86 bits per heavy atom. The quantitative estimate of drug-likeness (QED) is 0.316. The fourth-order valence-electron chi connectivity index (χ4n) is 4.07. The van der Waals surface area contributed by atoms with Crippen molar-refractivity contribution < 1.29 is 9.18 Å². The highest BCUT2D eigenvalue weighted by atomic mass is 19.1. The van der Waals surface area contributed by atoms with Gasteiger partial charge in [-0.25, -0.2) is 14.4 Å². The number of carbonyl (C=O) groups is 1. The van der Waals surface area contributed by atoms with Crippen LogP contribution < -0.4 is 5.32 Å². The molecule has 0 unspecified atom stereocenters.